The van der Waals surface area contributed by atoms with Crippen LogP contribution in [-0.4, -0.2) is 34.1 Å². The van der Waals surface area contributed by atoms with E-state index in [9.17, 15) is 4.79 Å². The monoisotopic (exact) mass is 286 g/mol. The van der Waals surface area contributed by atoms with Gasteiger partial charge in [0.2, 0.25) is 5.95 Å². The van der Waals surface area contributed by atoms with Gasteiger partial charge in [0.25, 0.3) is 0 Å². The number of nitrogens with two attached hydrogens (primary N) is 1. The summed E-state index contributed by atoms with van der Waals surface area (Å²) in [5.41, 5.74) is 7.46. The first-order valence-electron chi connectivity index (χ1n) is 6.43. The highest BCUT2D eigenvalue weighted by Crippen LogP contribution is 2.28. The summed E-state index contributed by atoms with van der Waals surface area (Å²) in [5, 5.41) is 0.800. The summed E-state index contributed by atoms with van der Waals surface area (Å²) < 4.78 is 11.9. The molecule has 3 aromatic heterocycles. The topological polar surface area (TPSA) is 91.7 Å². The van der Waals surface area contributed by atoms with Crippen molar-refractivity contribution >= 4 is 28.5 Å². The Morgan fingerprint density at radius 1 is 1.43 bits per heavy atom. The third-order valence-corrected chi connectivity index (χ3v) is 3.14. The Hall–Kier alpha value is -2.83. The highest BCUT2D eigenvalue weighted by molar-refractivity contribution is 5.94. The number of esters is 1. The van der Waals surface area contributed by atoms with E-state index >= 15 is 0 Å². The van der Waals surface area contributed by atoms with Gasteiger partial charge < -0.3 is 15.2 Å². The van der Waals surface area contributed by atoms with E-state index in [2.05, 4.69) is 9.97 Å². The van der Waals surface area contributed by atoms with Crippen molar-refractivity contribution in [2.75, 3.05) is 19.5 Å². The molecule has 0 aliphatic rings. The SMILES string of the molecule is CCOC(=O)c1cc2cc3c(OC)ccnc3n2c(N)n1. The Kier molecular flexibility index (Phi) is 3.09. The molecule has 0 saturated heterocycles. The summed E-state index contributed by atoms with van der Waals surface area (Å²) in [7, 11) is 1.59. The van der Waals surface area contributed by atoms with E-state index in [1.165, 1.54) is 0 Å². The van der Waals surface area contributed by atoms with E-state index in [0.717, 1.165) is 5.39 Å². The molecule has 7 heteroatoms. The van der Waals surface area contributed by atoms with Crippen molar-refractivity contribution < 1.29 is 14.3 Å². The molecule has 7 nitrogen and oxygen atoms in total. The van der Waals surface area contributed by atoms with Gasteiger partial charge in [0, 0.05) is 6.20 Å². The third kappa shape index (κ3) is 2.03. The van der Waals surface area contributed by atoms with Crippen molar-refractivity contribution in [3.63, 3.8) is 0 Å². The average molecular weight is 286 g/mol. The first-order chi connectivity index (χ1) is 10.2. The average Bonchev–Trinajstić information content (AvgIpc) is 2.86. The highest BCUT2D eigenvalue weighted by atomic mass is 16.5. The normalized spacial score (nSPS) is 11.0. The molecule has 3 rings (SSSR count). The van der Waals surface area contributed by atoms with Crippen LogP contribution >= 0.6 is 0 Å². The second-order valence-electron chi connectivity index (χ2n) is 4.38. The van der Waals surface area contributed by atoms with Crippen LogP contribution in [0.15, 0.2) is 24.4 Å². The second-order valence-corrected chi connectivity index (χ2v) is 4.38. The van der Waals surface area contributed by atoms with E-state index in [1.807, 2.05) is 6.07 Å². The van der Waals surface area contributed by atoms with Crippen LogP contribution in [0.25, 0.3) is 16.6 Å². The molecule has 0 atom stereocenters. The van der Waals surface area contributed by atoms with Gasteiger partial charge in [-0.15, -0.1) is 0 Å². The van der Waals surface area contributed by atoms with Crippen LogP contribution < -0.4 is 10.5 Å². The molecule has 0 fully saturated rings. The van der Waals surface area contributed by atoms with Gasteiger partial charge in [0.1, 0.15) is 5.75 Å². The number of aromatic nitrogens is 3. The second kappa shape index (κ2) is 4.93. The van der Waals surface area contributed by atoms with Crippen molar-refractivity contribution in [3.05, 3.63) is 30.1 Å². The van der Waals surface area contributed by atoms with Gasteiger partial charge in [0.05, 0.1) is 24.6 Å². The molecule has 0 aliphatic heterocycles. The molecule has 21 heavy (non-hydrogen) atoms. The van der Waals surface area contributed by atoms with E-state index in [4.69, 9.17) is 15.2 Å². The summed E-state index contributed by atoms with van der Waals surface area (Å²) in [6.45, 7) is 2.02. The van der Waals surface area contributed by atoms with Crippen LogP contribution in [0.5, 0.6) is 5.75 Å². The molecular weight excluding hydrogens is 272 g/mol. The number of hydrogen-bond acceptors (Lipinski definition) is 6. The maximum atomic E-state index is 11.8. The van der Waals surface area contributed by atoms with Gasteiger partial charge in [0.15, 0.2) is 11.3 Å². The Morgan fingerprint density at radius 3 is 2.95 bits per heavy atom. The maximum Gasteiger partial charge on any atom is 0.357 e. The lowest BCUT2D eigenvalue weighted by molar-refractivity contribution is 0.0519. The van der Waals surface area contributed by atoms with Crippen molar-refractivity contribution in [1.29, 1.82) is 0 Å². The van der Waals surface area contributed by atoms with Crippen molar-refractivity contribution in [1.82, 2.24) is 14.4 Å². The van der Waals surface area contributed by atoms with Gasteiger partial charge in [-0.2, -0.15) is 0 Å². The molecule has 0 bridgehead atoms. The van der Waals surface area contributed by atoms with Gasteiger partial charge in [-0.05, 0) is 25.1 Å². The summed E-state index contributed by atoms with van der Waals surface area (Å²) >= 11 is 0. The van der Waals surface area contributed by atoms with Crippen LogP contribution in [0.2, 0.25) is 0 Å². The first-order valence-corrected chi connectivity index (χ1v) is 6.43. The smallest absolute Gasteiger partial charge is 0.357 e. The zero-order valence-electron chi connectivity index (χ0n) is 11.7. The Bertz CT molecular complexity index is 841. The molecule has 0 saturated carbocycles. The number of pyridine rings is 1. The number of nitrogen functional groups attached to an aromatic ring is 1. The molecule has 0 aromatic carbocycles. The molecule has 2 N–H and O–H groups in total. The van der Waals surface area contributed by atoms with Gasteiger partial charge in [-0.25, -0.2) is 14.8 Å². The maximum absolute atomic E-state index is 11.8. The van der Waals surface area contributed by atoms with Crippen molar-refractivity contribution in [2.45, 2.75) is 6.92 Å². The summed E-state index contributed by atoms with van der Waals surface area (Å²) in [6.07, 6.45) is 1.63. The number of hydrogen-bond donors (Lipinski definition) is 1. The molecule has 3 heterocycles. The Morgan fingerprint density at radius 2 is 2.24 bits per heavy atom. The molecule has 0 unspecified atom stereocenters. The summed E-state index contributed by atoms with van der Waals surface area (Å²) in [5.74, 6) is 0.351. The van der Waals surface area contributed by atoms with Gasteiger partial charge >= 0.3 is 5.97 Å². The van der Waals surface area contributed by atoms with Crippen molar-refractivity contribution in [2.24, 2.45) is 0 Å². The number of fused-ring (bicyclic) bond motifs is 3. The zero-order chi connectivity index (χ0) is 15.0. The van der Waals surface area contributed by atoms with Crippen LogP contribution in [0.4, 0.5) is 5.95 Å². The predicted octanol–water partition coefficient (Wildman–Crippen LogP) is 1.65. The Labute approximate surface area is 120 Å². The molecule has 108 valence electrons. The first kappa shape index (κ1) is 13.2. The van der Waals surface area contributed by atoms with Gasteiger partial charge in [-0.3, -0.25) is 4.40 Å². The van der Waals surface area contributed by atoms with Crippen molar-refractivity contribution in [3.8, 4) is 5.75 Å². The fraction of sp³-hybridized carbons (Fsp3) is 0.214. The lowest BCUT2D eigenvalue weighted by atomic mass is 10.3. The van der Waals surface area contributed by atoms with Crippen LogP contribution in [-0.2, 0) is 4.74 Å². The summed E-state index contributed by atoms with van der Waals surface area (Å²) in [4.78, 5) is 20.2. The highest BCUT2D eigenvalue weighted by Gasteiger charge is 2.16. The Balaban J connectivity index is 2.29. The largest absolute Gasteiger partial charge is 0.496 e. The van der Waals surface area contributed by atoms with Crippen LogP contribution in [0, 0.1) is 0 Å². The summed E-state index contributed by atoms with van der Waals surface area (Å²) in [6, 6.07) is 5.23. The van der Waals surface area contributed by atoms with E-state index in [-0.39, 0.29) is 18.2 Å². The van der Waals surface area contributed by atoms with Crippen LogP contribution in [0.3, 0.4) is 0 Å². The minimum absolute atomic E-state index is 0.170. The molecule has 0 amide bonds. The number of ether oxygens (including phenoxy) is 2. The fourth-order valence-electron chi connectivity index (χ4n) is 2.27. The van der Waals surface area contributed by atoms with Gasteiger partial charge in [-0.1, -0.05) is 0 Å². The molecular formula is C14H14N4O3. The quantitative estimate of drug-likeness (QED) is 0.736. The predicted molar refractivity (Wildman–Crippen MR) is 77.4 cm³/mol. The van der Waals surface area contributed by atoms with E-state index in [0.29, 0.717) is 16.9 Å². The standard InChI is InChI=1S/C14H14N4O3/c1-3-21-13(19)10-7-8-6-9-11(20-2)4-5-16-12(9)18(8)14(15)17-10/h4-7H,3H2,1-2H3,(H2,15,17). The minimum Gasteiger partial charge on any atom is -0.496 e. The number of methoxy groups -OCH3 is 1. The lowest BCUT2D eigenvalue weighted by Crippen LogP contribution is -2.11. The molecule has 0 spiro atoms. The third-order valence-electron chi connectivity index (χ3n) is 3.14. The molecule has 0 aliphatic carbocycles. The van der Waals surface area contributed by atoms with E-state index in [1.54, 1.807) is 36.8 Å². The lowest BCUT2D eigenvalue weighted by Gasteiger charge is -2.05. The number of nitrogens with zero attached hydrogens (tertiary/aromatic N) is 3. The molecule has 3 aromatic rings. The number of anilines is 1. The molecule has 0 radical (unpaired) electrons. The minimum atomic E-state index is -0.503. The number of carbonyl (C=O) groups is 1. The number of rotatable bonds is 3. The zero-order valence-corrected chi connectivity index (χ0v) is 11.7. The van der Waals surface area contributed by atoms with E-state index < -0.39 is 5.97 Å². The number of carbonyl (C=O) groups excluding carboxylic acids is 1. The fourth-order valence-corrected chi connectivity index (χ4v) is 2.27. The van der Waals surface area contributed by atoms with Crippen LogP contribution in [0.1, 0.15) is 17.4 Å².